The topological polar surface area (TPSA) is 54.9 Å². The lowest BCUT2D eigenvalue weighted by Crippen LogP contribution is -2.35. The fraction of sp³-hybridized carbons (Fsp3) is 0.273. The molecule has 0 bridgehead atoms. The SMILES string of the molecule is O=c1[nH]c2ccc(F)cc2c(=O)n1CCCS. The zero-order chi connectivity index (χ0) is 12.4. The Kier molecular flexibility index (Phi) is 3.33. The van der Waals surface area contributed by atoms with Gasteiger partial charge >= 0.3 is 5.69 Å². The first-order valence-electron chi connectivity index (χ1n) is 5.16. The number of H-pyrrole nitrogens is 1. The molecule has 1 N–H and O–H groups in total. The molecule has 6 heteroatoms. The molecule has 17 heavy (non-hydrogen) atoms. The van der Waals surface area contributed by atoms with Crippen LogP contribution in [0.3, 0.4) is 0 Å². The number of nitrogens with zero attached hydrogens (tertiary/aromatic N) is 1. The largest absolute Gasteiger partial charge is 0.328 e. The zero-order valence-corrected chi connectivity index (χ0v) is 9.84. The molecule has 0 amide bonds. The third-order valence-corrected chi connectivity index (χ3v) is 2.80. The molecule has 0 unspecified atom stereocenters. The standard InChI is InChI=1S/C11H11FN2O2S/c12-7-2-3-9-8(6-7)10(15)14(4-1-5-17)11(16)13-9/h2-3,6,17H,1,4-5H2,(H,13,16). The van der Waals surface area contributed by atoms with E-state index >= 15 is 0 Å². The van der Waals surface area contributed by atoms with E-state index in [9.17, 15) is 14.0 Å². The molecular formula is C11H11FN2O2S. The van der Waals surface area contributed by atoms with E-state index in [1.54, 1.807) is 0 Å². The fourth-order valence-electron chi connectivity index (χ4n) is 1.65. The van der Waals surface area contributed by atoms with E-state index in [0.29, 0.717) is 17.7 Å². The second-order valence-electron chi connectivity index (χ2n) is 3.65. The number of hydrogen-bond donors (Lipinski definition) is 2. The second kappa shape index (κ2) is 4.75. The van der Waals surface area contributed by atoms with Crippen molar-refractivity contribution in [3.63, 3.8) is 0 Å². The van der Waals surface area contributed by atoms with Crippen molar-refractivity contribution >= 4 is 23.5 Å². The molecular weight excluding hydrogens is 243 g/mol. The summed E-state index contributed by atoms with van der Waals surface area (Å²) in [6.07, 6.45) is 0.604. The summed E-state index contributed by atoms with van der Waals surface area (Å²) in [5, 5.41) is 0.184. The molecule has 0 fully saturated rings. The molecule has 0 aliphatic rings. The van der Waals surface area contributed by atoms with Crippen LogP contribution in [0.5, 0.6) is 0 Å². The first kappa shape index (κ1) is 11.9. The lowest BCUT2D eigenvalue weighted by molar-refractivity contribution is 0.619. The predicted octanol–water partition coefficient (Wildman–Crippen LogP) is 1.15. The lowest BCUT2D eigenvalue weighted by atomic mass is 10.2. The molecule has 0 aliphatic heterocycles. The summed E-state index contributed by atoms with van der Waals surface area (Å²) in [7, 11) is 0. The van der Waals surface area contributed by atoms with E-state index in [1.807, 2.05) is 0 Å². The average molecular weight is 254 g/mol. The molecule has 1 aromatic carbocycles. The number of halogens is 1. The van der Waals surface area contributed by atoms with Gasteiger partial charge in [0.15, 0.2) is 0 Å². The molecule has 1 aromatic heterocycles. The smallest absolute Gasteiger partial charge is 0.307 e. The van der Waals surface area contributed by atoms with Crippen molar-refractivity contribution < 1.29 is 4.39 Å². The Hall–Kier alpha value is -1.56. The number of aromatic amines is 1. The van der Waals surface area contributed by atoms with E-state index in [1.165, 1.54) is 12.1 Å². The van der Waals surface area contributed by atoms with Crippen LogP contribution in [0, 0.1) is 5.82 Å². The van der Waals surface area contributed by atoms with Crippen molar-refractivity contribution in [2.75, 3.05) is 5.75 Å². The fourth-order valence-corrected chi connectivity index (χ4v) is 1.80. The Bertz CT molecular complexity index is 663. The van der Waals surface area contributed by atoms with Crippen LogP contribution in [0.4, 0.5) is 4.39 Å². The summed E-state index contributed by atoms with van der Waals surface area (Å²) in [6.45, 7) is 0.282. The van der Waals surface area contributed by atoms with Crippen LogP contribution in [0.25, 0.3) is 10.9 Å². The molecule has 90 valence electrons. The van der Waals surface area contributed by atoms with Crippen LogP contribution in [-0.2, 0) is 6.54 Å². The highest BCUT2D eigenvalue weighted by Gasteiger charge is 2.07. The Labute approximate surface area is 102 Å². The Morgan fingerprint density at radius 1 is 1.35 bits per heavy atom. The summed E-state index contributed by atoms with van der Waals surface area (Å²) in [5.74, 6) is 0.0787. The minimum absolute atomic E-state index is 0.184. The van der Waals surface area contributed by atoms with Gasteiger partial charge in [0.25, 0.3) is 5.56 Å². The van der Waals surface area contributed by atoms with Crippen LogP contribution in [0.15, 0.2) is 27.8 Å². The molecule has 4 nitrogen and oxygen atoms in total. The zero-order valence-electron chi connectivity index (χ0n) is 8.94. The van der Waals surface area contributed by atoms with Gasteiger partial charge in [-0.2, -0.15) is 12.6 Å². The van der Waals surface area contributed by atoms with Gasteiger partial charge in [-0.1, -0.05) is 0 Å². The lowest BCUT2D eigenvalue weighted by Gasteiger charge is -2.05. The normalized spacial score (nSPS) is 10.9. The summed E-state index contributed by atoms with van der Waals surface area (Å²) in [5.41, 5.74) is -0.593. The van der Waals surface area contributed by atoms with E-state index in [0.717, 1.165) is 10.6 Å². The average Bonchev–Trinajstić information content (AvgIpc) is 2.30. The molecule has 2 aromatic rings. The van der Waals surface area contributed by atoms with Crippen molar-refractivity contribution in [1.82, 2.24) is 9.55 Å². The highest BCUT2D eigenvalue weighted by Crippen LogP contribution is 2.07. The minimum atomic E-state index is -0.498. The van der Waals surface area contributed by atoms with Gasteiger partial charge in [0.2, 0.25) is 0 Å². The highest BCUT2D eigenvalue weighted by atomic mass is 32.1. The number of aromatic nitrogens is 2. The van der Waals surface area contributed by atoms with Crippen molar-refractivity contribution in [2.24, 2.45) is 0 Å². The van der Waals surface area contributed by atoms with E-state index in [-0.39, 0.29) is 11.9 Å². The molecule has 0 saturated carbocycles. The van der Waals surface area contributed by atoms with Crippen LogP contribution in [0.2, 0.25) is 0 Å². The van der Waals surface area contributed by atoms with Crippen molar-refractivity contribution in [3.05, 3.63) is 44.9 Å². The van der Waals surface area contributed by atoms with Gasteiger partial charge in [0.05, 0.1) is 10.9 Å². The van der Waals surface area contributed by atoms with Gasteiger partial charge in [-0.15, -0.1) is 0 Å². The van der Waals surface area contributed by atoms with Gasteiger partial charge in [-0.3, -0.25) is 9.36 Å². The van der Waals surface area contributed by atoms with Gasteiger partial charge in [-0.25, -0.2) is 9.18 Å². The molecule has 2 rings (SSSR count). The minimum Gasteiger partial charge on any atom is -0.307 e. The van der Waals surface area contributed by atoms with Crippen LogP contribution in [0.1, 0.15) is 6.42 Å². The van der Waals surface area contributed by atoms with Gasteiger partial charge < -0.3 is 4.98 Å². The molecule has 0 radical (unpaired) electrons. The maximum absolute atomic E-state index is 13.0. The summed E-state index contributed by atoms with van der Waals surface area (Å²) < 4.78 is 14.1. The first-order chi connectivity index (χ1) is 8.13. The Morgan fingerprint density at radius 2 is 2.12 bits per heavy atom. The van der Waals surface area contributed by atoms with Crippen molar-refractivity contribution in [3.8, 4) is 0 Å². The van der Waals surface area contributed by atoms with E-state index < -0.39 is 17.1 Å². The molecule has 0 spiro atoms. The van der Waals surface area contributed by atoms with Crippen LogP contribution < -0.4 is 11.2 Å². The number of nitrogens with one attached hydrogen (secondary N) is 1. The molecule has 1 heterocycles. The Balaban J connectivity index is 2.69. The van der Waals surface area contributed by atoms with Gasteiger partial charge in [-0.05, 0) is 30.4 Å². The molecule has 0 aliphatic carbocycles. The number of benzene rings is 1. The van der Waals surface area contributed by atoms with Crippen molar-refractivity contribution in [1.29, 1.82) is 0 Å². The second-order valence-corrected chi connectivity index (χ2v) is 4.10. The third-order valence-electron chi connectivity index (χ3n) is 2.48. The van der Waals surface area contributed by atoms with Crippen LogP contribution in [-0.4, -0.2) is 15.3 Å². The summed E-state index contributed by atoms with van der Waals surface area (Å²) >= 11 is 4.02. The number of rotatable bonds is 3. The quantitative estimate of drug-likeness (QED) is 0.807. The highest BCUT2D eigenvalue weighted by molar-refractivity contribution is 7.80. The van der Waals surface area contributed by atoms with Gasteiger partial charge in [0.1, 0.15) is 5.82 Å². The third kappa shape index (κ3) is 2.26. The molecule has 0 atom stereocenters. The van der Waals surface area contributed by atoms with Crippen LogP contribution >= 0.6 is 12.6 Å². The summed E-state index contributed by atoms with van der Waals surface area (Å²) in [6, 6.07) is 3.72. The maximum atomic E-state index is 13.0. The van der Waals surface area contributed by atoms with Crippen molar-refractivity contribution in [2.45, 2.75) is 13.0 Å². The van der Waals surface area contributed by atoms with E-state index in [2.05, 4.69) is 17.6 Å². The number of thiol groups is 1. The first-order valence-corrected chi connectivity index (χ1v) is 5.80. The Morgan fingerprint density at radius 3 is 2.82 bits per heavy atom. The number of fused-ring (bicyclic) bond motifs is 1. The predicted molar refractivity (Wildman–Crippen MR) is 67.3 cm³/mol. The summed E-state index contributed by atoms with van der Waals surface area (Å²) in [4.78, 5) is 26.1. The maximum Gasteiger partial charge on any atom is 0.328 e. The molecule has 0 saturated heterocycles. The van der Waals surface area contributed by atoms with Gasteiger partial charge in [0, 0.05) is 6.54 Å². The van der Waals surface area contributed by atoms with E-state index in [4.69, 9.17) is 0 Å². The monoisotopic (exact) mass is 254 g/mol. The number of hydrogen-bond acceptors (Lipinski definition) is 3.